The molecule has 3 heterocycles. The minimum Gasteiger partial charge on any atom is -0.373 e. The van der Waals surface area contributed by atoms with Crippen molar-refractivity contribution >= 4 is 32.7 Å². The first kappa shape index (κ1) is 12.8. The van der Waals surface area contributed by atoms with Crippen molar-refractivity contribution in [2.75, 3.05) is 31.1 Å². The van der Waals surface area contributed by atoms with Gasteiger partial charge in [0.2, 0.25) is 0 Å². The average Bonchev–Trinajstić information content (AvgIpc) is 2.46. The number of nitrogens with two attached hydrogens (primary N) is 1. The van der Waals surface area contributed by atoms with E-state index in [0.717, 1.165) is 34.3 Å². The second kappa shape index (κ2) is 5.40. The Kier molecular flexibility index (Phi) is 3.63. The third-order valence-corrected chi connectivity index (χ3v) is 3.70. The molecule has 0 aromatic carbocycles. The number of pyridine rings is 2. The van der Waals surface area contributed by atoms with E-state index in [1.165, 1.54) is 0 Å². The SMILES string of the molecule is NCC1CN(c2ccnc3cc(Br)cnc23)CCO1. The summed E-state index contributed by atoms with van der Waals surface area (Å²) in [4.78, 5) is 11.1. The number of ether oxygens (including phenoxy) is 1. The molecule has 5 nitrogen and oxygen atoms in total. The molecule has 6 heteroatoms. The highest BCUT2D eigenvalue weighted by atomic mass is 79.9. The number of anilines is 1. The molecule has 0 spiro atoms. The van der Waals surface area contributed by atoms with Gasteiger partial charge >= 0.3 is 0 Å². The number of fused-ring (bicyclic) bond motifs is 1. The summed E-state index contributed by atoms with van der Waals surface area (Å²) in [6.45, 7) is 2.89. The molecule has 1 atom stereocenters. The third kappa shape index (κ3) is 2.56. The highest BCUT2D eigenvalue weighted by molar-refractivity contribution is 9.10. The highest BCUT2D eigenvalue weighted by Gasteiger charge is 2.21. The lowest BCUT2D eigenvalue weighted by Gasteiger charge is -2.34. The van der Waals surface area contributed by atoms with Crippen LogP contribution in [-0.2, 0) is 4.74 Å². The van der Waals surface area contributed by atoms with Gasteiger partial charge in [-0.2, -0.15) is 0 Å². The Balaban J connectivity index is 2.00. The molecule has 19 heavy (non-hydrogen) atoms. The van der Waals surface area contributed by atoms with Crippen molar-refractivity contribution in [1.82, 2.24) is 9.97 Å². The van der Waals surface area contributed by atoms with Crippen LogP contribution in [0.25, 0.3) is 11.0 Å². The van der Waals surface area contributed by atoms with E-state index in [-0.39, 0.29) is 6.10 Å². The molecule has 0 aliphatic carbocycles. The van der Waals surface area contributed by atoms with Gasteiger partial charge in [0.25, 0.3) is 0 Å². The van der Waals surface area contributed by atoms with E-state index in [1.807, 2.05) is 18.3 Å². The zero-order chi connectivity index (χ0) is 13.2. The van der Waals surface area contributed by atoms with E-state index in [1.54, 1.807) is 6.20 Å². The van der Waals surface area contributed by atoms with Crippen molar-refractivity contribution in [3.8, 4) is 0 Å². The van der Waals surface area contributed by atoms with Crippen LogP contribution >= 0.6 is 15.9 Å². The molecule has 2 aromatic heterocycles. The zero-order valence-electron chi connectivity index (χ0n) is 10.4. The smallest absolute Gasteiger partial charge is 0.112 e. The van der Waals surface area contributed by atoms with Gasteiger partial charge < -0.3 is 15.4 Å². The Labute approximate surface area is 119 Å². The molecule has 3 rings (SSSR count). The van der Waals surface area contributed by atoms with Crippen molar-refractivity contribution in [3.05, 3.63) is 29.0 Å². The average molecular weight is 323 g/mol. The van der Waals surface area contributed by atoms with Crippen LogP contribution in [0.4, 0.5) is 5.69 Å². The minimum absolute atomic E-state index is 0.0902. The first-order valence-electron chi connectivity index (χ1n) is 6.25. The highest BCUT2D eigenvalue weighted by Crippen LogP contribution is 2.26. The van der Waals surface area contributed by atoms with Crippen LogP contribution < -0.4 is 10.6 Å². The van der Waals surface area contributed by atoms with Crippen molar-refractivity contribution in [3.63, 3.8) is 0 Å². The Morgan fingerprint density at radius 3 is 3.21 bits per heavy atom. The quantitative estimate of drug-likeness (QED) is 0.909. The van der Waals surface area contributed by atoms with Crippen molar-refractivity contribution in [1.29, 1.82) is 0 Å². The number of hydrogen-bond acceptors (Lipinski definition) is 5. The van der Waals surface area contributed by atoms with Gasteiger partial charge in [-0.3, -0.25) is 9.97 Å². The molecule has 0 saturated carbocycles. The second-order valence-corrected chi connectivity index (χ2v) is 5.44. The minimum atomic E-state index is 0.0902. The molecule has 100 valence electrons. The summed E-state index contributed by atoms with van der Waals surface area (Å²) in [5.41, 5.74) is 8.60. The lowest BCUT2D eigenvalue weighted by atomic mass is 10.2. The fraction of sp³-hybridized carbons (Fsp3) is 0.385. The number of nitrogens with zero attached hydrogens (tertiary/aromatic N) is 3. The molecule has 0 bridgehead atoms. The molecule has 1 aliphatic heterocycles. The lowest BCUT2D eigenvalue weighted by molar-refractivity contribution is 0.0466. The van der Waals surface area contributed by atoms with Crippen LogP contribution in [0.15, 0.2) is 29.0 Å². The Bertz CT molecular complexity index is 592. The standard InChI is InChI=1S/C13H15BrN4O/c14-9-5-11-13(17-7-9)12(1-2-16-11)18-3-4-19-10(6-15)8-18/h1-2,5,7,10H,3-4,6,8,15H2. The maximum Gasteiger partial charge on any atom is 0.112 e. The second-order valence-electron chi connectivity index (χ2n) is 4.53. The van der Waals surface area contributed by atoms with Gasteiger partial charge in [-0.05, 0) is 28.1 Å². The molecular weight excluding hydrogens is 308 g/mol. The van der Waals surface area contributed by atoms with Gasteiger partial charge in [0.15, 0.2) is 0 Å². The van der Waals surface area contributed by atoms with Crippen LogP contribution in [0.2, 0.25) is 0 Å². The van der Waals surface area contributed by atoms with E-state index >= 15 is 0 Å². The summed E-state index contributed by atoms with van der Waals surface area (Å²) >= 11 is 3.42. The van der Waals surface area contributed by atoms with E-state index in [0.29, 0.717) is 13.2 Å². The van der Waals surface area contributed by atoms with Crippen LogP contribution in [0.1, 0.15) is 0 Å². The monoisotopic (exact) mass is 322 g/mol. The van der Waals surface area contributed by atoms with Gasteiger partial charge in [-0.25, -0.2) is 0 Å². The molecule has 1 fully saturated rings. The van der Waals surface area contributed by atoms with E-state index in [4.69, 9.17) is 10.5 Å². The van der Waals surface area contributed by atoms with Gasteiger partial charge in [0.05, 0.1) is 23.9 Å². The molecule has 0 radical (unpaired) electrons. The van der Waals surface area contributed by atoms with Gasteiger partial charge in [-0.15, -0.1) is 0 Å². The normalized spacial score (nSPS) is 19.9. The van der Waals surface area contributed by atoms with Crippen LogP contribution in [0.3, 0.4) is 0 Å². The molecule has 1 unspecified atom stereocenters. The largest absolute Gasteiger partial charge is 0.373 e. The van der Waals surface area contributed by atoms with Gasteiger partial charge in [0, 0.05) is 36.5 Å². The summed E-state index contributed by atoms with van der Waals surface area (Å²) in [6.07, 6.45) is 3.71. The Morgan fingerprint density at radius 2 is 2.37 bits per heavy atom. The summed E-state index contributed by atoms with van der Waals surface area (Å²) in [7, 11) is 0. The van der Waals surface area contributed by atoms with E-state index in [2.05, 4.69) is 30.8 Å². The number of halogens is 1. The Hall–Kier alpha value is -1.24. The molecular formula is C13H15BrN4O. The van der Waals surface area contributed by atoms with Gasteiger partial charge in [-0.1, -0.05) is 0 Å². The summed E-state index contributed by atoms with van der Waals surface area (Å²) in [5.74, 6) is 0. The zero-order valence-corrected chi connectivity index (χ0v) is 12.0. The van der Waals surface area contributed by atoms with Crippen molar-refractivity contribution in [2.45, 2.75) is 6.10 Å². The number of hydrogen-bond donors (Lipinski definition) is 1. The number of aromatic nitrogens is 2. The summed E-state index contributed by atoms with van der Waals surface area (Å²) in [5, 5.41) is 0. The molecule has 2 aromatic rings. The maximum absolute atomic E-state index is 5.69. The molecule has 1 aliphatic rings. The number of morpholine rings is 1. The van der Waals surface area contributed by atoms with Crippen LogP contribution in [0.5, 0.6) is 0 Å². The molecule has 0 amide bonds. The third-order valence-electron chi connectivity index (χ3n) is 3.27. The van der Waals surface area contributed by atoms with Gasteiger partial charge in [0.1, 0.15) is 5.52 Å². The predicted octanol–water partition coefficient (Wildman–Crippen LogP) is 1.56. The molecule has 2 N–H and O–H groups in total. The van der Waals surface area contributed by atoms with E-state index < -0.39 is 0 Å². The summed E-state index contributed by atoms with van der Waals surface area (Å²) < 4.78 is 6.54. The number of rotatable bonds is 2. The fourth-order valence-corrected chi connectivity index (χ4v) is 2.65. The van der Waals surface area contributed by atoms with E-state index in [9.17, 15) is 0 Å². The van der Waals surface area contributed by atoms with Crippen LogP contribution in [-0.4, -0.2) is 42.3 Å². The Morgan fingerprint density at radius 1 is 1.47 bits per heavy atom. The summed E-state index contributed by atoms with van der Waals surface area (Å²) in [6, 6.07) is 3.98. The maximum atomic E-state index is 5.69. The van der Waals surface area contributed by atoms with Crippen molar-refractivity contribution < 1.29 is 4.74 Å². The lowest BCUT2D eigenvalue weighted by Crippen LogP contribution is -2.45. The van der Waals surface area contributed by atoms with Crippen molar-refractivity contribution in [2.24, 2.45) is 5.73 Å². The fourth-order valence-electron chi connectivity index (χ4n) is 2.33. The first-order chi connectivity index (χ1) is 9.28. The van der Waals surface area contributed by atoms with Crippen LogP contribution in [0, 0.1) is 0 Å². The molecule has 1 saturated heterocycles. The topological polar surface area (TPSA) is 64.3 Å². The predicted molar refractivity (Wildman–Crippen MR) is 78.2 cm³/mol. The first-order valence-corrected chi connectivity index (χ1v) is 7.04.